The van der Waals surface area contributed by atoms with Gasteiger partial charge in [-0.25, -0.2) is 4.68 Å². The normalized spacial score (nSPS) is 10.1. The number of carbonyl (C=O) groups is 3. The third-order valence-corrected chi connectivity index (χ3v) is 2.60. The molecule has 0 fully saturated rings. The van der Waals surface area contributed by atoms with Gasteiger partial charge in [-0.3, -0.25) is 19.8 Å². The highest BCUT2D eigenvalue weighted by Crippen LogP contribution is 2.06. The highest BCUT2D eigenvalue weighted by atomic mass is 16.2. The molecule has 0 aliphatic heterocycles. The van der Waals surface area contributed by atoms with E-state index in [1.54, 1.807) is 24.3 Å². The second kappa shape index (κ2) is 5.87. The molecular formula is C13H12N4O3. The summed E-state index contributed by atoms with van der Waals surface area (Å²) in [6, 6.07) is 6.80. The molecule has 0 saturated heterocycles. The van der Waals surface area contributed by atoms with E-state index in [2.05, 4.69) is 15.6 Å². The lowest BCUT2D eigenvalue weighted by Gasteiger charge is -2.03. The van der Waals surface area contributed by atoms with Crippen molar-refractivity contribution < 1.29 is 14.4 Å². The first-order valence-corrected chi connectivity index (χ1v) is 5.85. The molecule has 102 valence electrons. The van der Waals surface area contributed by atoms with Crippen LogP contribution in [0.4, 0.5) is 0 Å². The van der Waals surface area contributed by atoms with Gasteiger partial charge >= 0.3 is 5.91 Å². The number of carbonyl (C=O) groups excluding carboxylic acids is 3. The average Bonchev–Trinajstić information content (AvgIpc) is 2.92. The number of ketones is 2. The first-order valence-electron chi connectivity index (χ1n) is 5.85. The number of Topliss-reactive ketones (excluding diaryl/α,β-unsaturated/α-hetero) is 2. The summed E-state index contributed by atoms with van der Waals surface area (Å²) >= 11 is 0. The topological polar surface area (TPSA) is 94.0 Å². The van der Waals surface area contributed by atoms with E-state index in [1.165, 1.54) is 12.7 Å². The van der Waals surface area contributed by atoms with Crippen molar-refractivity contribution >= 4 is 17.5 Å². The van der Waals surface area contributed by atoms with Gasteiger partial charge in [0.05, 0.1) is 6.42 Å². The number of benzene rings is 1. The molecule has 2 aromatic rings. The Labute approximate surface area is 114 Å². The van der Waals surface area contributed by atoms with E-state index >= 15 is 0 Å². The van der Waals surface area contributed by atoms with Crippen LogP contribution < -0.4 is 5.43 Å². The van der Waals surface area contributed by atoms with Gasteiger partial charge in [-0.15, -0.1) is 10.2 Å². The van der Waals surface area contributed by atoms with Gasteiger partial charge < -0.3 is 0 Å². The minimum absolute atomic E-state index is 0.395. The van der Waals surface area contributed by atoms with E-state index in [0.717, 1.165) is 10.2 Å². The van der Waals surface area contributed by atoms with Crippen molar-refractivity contribution in [2.45, 2.75) is 13.3 Å². The SMILES string of the molecule is Cc1ccc(C(=O)CC(=O)C(=O)Nn2cnnc2)cc1. The maximum Gasteiger partial charge on any atom is 0.306 e. The van der Waals surface area contributed by atoms with Crippen LogP contribution in [0.3, 0.4) is 0 Å². The summed E-state index contributed by atoms with van der Waals surface area (Å²) in [5.41, 5.74) is 3.65. The van der Waals surface area contributed by atoms with Crippen molar-refractivity contribution in [3.63, 3.8) is 0 Å². The van der Waals surface area contributed by atoms with Crippen LogP contribution in [0, 0.1) is 6.92 Å². The first kappa shape index (κ1) is 13.6. The standard InChI is InChI=1S/C13H12N4O3/c1-9-2-4-10(5-3-9)11(18)6-12(19)13(20)16-17-7-14-15-8-17/h2-5,7-8H,6H2,1H3,(H,16,20). The van der Waals surface area contributed by atoms with Crippen molar-refractivity contribution in [1.29, 1.82) is 0 Å². The maximum absolute atomic E-state index is 11.8. The van der Waals surface area contributed by atoms with Gasteiger partial charge in [-0.1, -0.05) is 29.8 Å². The van der Waals surface area contributed by atoms with Crippen molar-refractivity contribution in [2.75, 3.05) is 5.43 Å². The van der Waals surface area contributed by atoms with Crippen molar-refractivity contribution in [3.8, 4) is 0 Å². The number of amides is 1. The molecule has 1 aromatic heterocycles. The summed E-state index contributed by atoms with van der Waals surface area (Å²) in [5, 5.41) is 6.94. The monoisotopic (exact) mass is 272 g/mol. The highest BCUT2D eigenvalue weighted by Gasteiger charge is 2.19. The Kier molecular flexibility index (Phi) is 3.99. The molecule has 0 aliphatic rings. The number of nitrogens with zero attached hydrogens (tertiary/aromatic N) is 3. The molecule has 7 heteroatoms. The molecule has 7 nitrogen and oxygen atoms in total. The minimum Gasteiger partial charge on any atom is -0.294 e. The Balaban J connectivity index is 1.95. The fraction of sp³-hybridized carbons (Fsp3) is 0.154. The molecule has 1 aromatic carbocycles. The molecule has 1 heterocycles. The summed E-state index contributed by atoms with van der Waals surface area (Å²) in [5.74, 6) is -2.09. The number of aromatic nitrogens is 3. The minimum atomic E-state index is -0.884. The second-order valence-electron chi connectivity index (χ2n) is 4.20. The van der Waals surface area contributed by atoms with Crippen LogP contribution in [0.2, 0.25) is 0 Å². The average molecular weight is 272 g/mol. The molecule has 0 spiro atoms. The smallest absolute Gasteiger partial charge is 0.294 e. The van der Waals surface area contributed by atoms with Gasteiger partial charge in [-0.05, 0) is 6.92 Å². The van der Waals surface area contributed by atoms with Crippen LogP contribution in [0.5, 0.6) is 0 Å². The van der Waals surface area contributed by atoms with Gasteiger partial charge in [-0.2, -0.15) is 0 Å². The molecule has 0 radical (unpaired) electrons. The quantitative estimate of drug-likeness (QED) is 0.486. The van der Waals surface area contributed by atoms with E-state index in [-0.39, 0.29) is 0 Å². The Bertz CT molecular complexity index is 632. The lowest BCUT2D eigenvalue weighted by Crippen LogP contribution is -2.30. The van der Waals surface area contributed by atoms with E-state index in [4.69, 9.17) is 0 Å². The number of hydrogen-bond acceptors (Lipinski definition) is 5. The Morgan fingerprint density at radius 1 is 1.10 bits per heavy atom. The van der Waals surface area contributed by atoms with E-state index < -0.39 is 23.9 Å². The van der Waals surface area contributed by atoms with Gasteiger partial charge in [0.1, 0.15) is 12.7 Å². The zero-order valence-electron chi connectivity index (χ0n) is 10.7. The Morgan fingerprint density at radius 2 is 1.70 bits per heavy atom. The van der Waals surface area contributed by atoms with Gasteiger partial charge in [0.15, 0.2) is 5.78 Å². The predicted molar refractivity (Wildman–Crippen MR) is 69.5 cm³/mol. The van der Waals surface area contributed by atoms with E-state index in [0.29, 0.717) is 5.56 Å². The van der Waals surface area contributed by atoms with Crippen LogP contribution in [0.15, 0.2) is 36.9 Å². The van der Waals surface area contributed by atoms with Crippen molar-refractivity contribution in [1.82, 2.24) is 14.9 Å². The lowest BCUT2D eigenvalue weighted by molar-refractivity contribution is -0.134. The molecule has 2 rings (SSSR count). The Hall–Kier alpha value is -2.83. The Morgan fingerprint density at radius 3 is 2.30 bits per heavy atom. The number of nitrogens with one attached hydrogen (secondary N) is 1. The zero-order chi connectivity index (χ0) is 14.5. The summed E-state index contributed by atoms with van der Waals surface area (Å²) in [4.78, 5) is 35.0. The number of aryl methyl sites for hydroxylation is 1. The van der Waals surface area contributed by atoms with E-state index in [9.17, 15) is 14.4 Å². The lowest BCUT2D eigenvalue weighted by atomic mass is 10.0. The summed E-state index contributed by atoms with van der Waals surface area (Å²) in [6.07, 6.45) is 1.98. The molecule has 0 bridgehead atoms. The molecule has 0 unspecified atom stereocenters. The zero-order valence-corrected chi connectivity index (χ0v) is 10.7. The fourth-order valence-corrected chi connectivity index (χ4v) is 1.51. The fourth-order valence-electron chi connectivity index (χ4n) is 1.51. The number of hydrogen-bond donors (Lipinski definition) is 1. The summed E-state index contributed by atoms with van der Waals surface area (Å²) in [6.45, 7) is 1.89. The largest absolute Gasteiger partial charge is 0.306 e. The molecule has 1 amide bonds. The molecular weight excluding hydrogens is 260 g/mol. The molecule has 0 saturated carbocycles. The molecule has 1 N–H and O–H groups in total. The summed E-state index contributed by atoms with van der Waals surface area (Å²) < 4.78 is 1.14. The molecule has 20 heavy (non-hydrogen) atoms. The number of rotatable bonds is 5. The van der Waals surface area contributed by atoms with Crippen molar-refractivity contribution in [2.24, 2.45) is 0 Å². The second-order valence-corrected chi connectivity index (χ2v) is 4.20. The van der Waals surface area contributed by atoms with Crippen LogP contribution in [-0.4, -0.2) is 32.3 Å². The molecule has 0 aliphatic carbocycles. The van der Waals surface area contributed by atoms with Gasteiger partial charge in [0.2, 0.25) is 5.78 Å². The highest BCUT2D eigenvalue weighted by molar-refractivity contribution is 6.42. The van der Waals surface area contributed by atoms with Crippen LogP contribution >= 0.6 is 0 Å². The van der Waals surface area contributed by atoms with Crippen molar-refractivity contribution in [3.05, 3.63) is 48.0 Å². The molecule has 0 atom stereocenters. The van der Waals surface area contributed by atoms with Crippen LogP contribution in [-0.2, 0) is 9.59 Å². The predicted octanol–water partition coefficient (Wildman–Crippen LogP) is 0.499. The summed E-state index contributed by atoms with van der Waals surface area (Å²) in [7, 11) is 0. The first-order chi connectivity index (χ1) is 9.56. The van der Waals surface area contributed by atoms with Crippen LogP contribution in [0.25, 0.3) is 0 Å². The van der Waals surface area contributed by atoms with Crippen LogP contribution in [0.1, 0.15) is 22.3 Å². The third-order valence-electron chi connectivity index (χ3n) is 2.60. The third kappa shape index (κ3) is 3.35. The maximum atomic E-state index is 11.8. The van der Waals surface area contributed by atoms with E-state index in [1.807, 2.05) is 6.92 Å². The van der Waals surface area contributed by atoms with Gasteiger partial charge in [0, 0.05) is 5.56 Å². The van der Waals surface area contributed by atoms with Gasteiger partial charge in [0.25, 0.3) is 0 Å².